The van der Waals surface area contributed by atoms with Crippen LogP contribution in [-0.2, 0) is 0 Å². The Morgan fingerprint density at radius 3 is 2.26 bits per heavy atom. The number of furan rings is 1. The highest BCUT2D eigenvalue weighted by molar-refractivity contribution is 5.86. The average Bonchev–Trinajstić information content (AvgIpc) is 3.43. The second-order valence-electron chi connectivity index (χ2n) is 6.89. The minimum absolute atomic E-state index is 0. The van der Waals surface area contributed by atoms with Crippen LogP contribution in [0.1, 0.15) is 0 Å². The summed E-state index contributed by atoms with van der Waals surface area (Å²) in [5.41, 5.74) is 4.69. The van der Waals surface area contributed by atoms with E-state index in [4.69, 9.17) is 18.9 Å². The highest BCUT2D eigenvalue weighted by atomic mass is 35.5. The number of nitrogens with one attached hydrogen (secondary N) is 1. The van der Waals surface area contributed by atoms with Crippen molar-refractivity contribution in [3.8, 4) is 45.5 Å². The highest BCUT2D eigenvalue weighted by Gasteiger charge is 2.19. The average molecular weight is 433 g/mol. The number of fused-ring (bicyclic) bond motifs is 1. The smallest absolute Gasteiger partial charge is 0.161 e. The minimum atomic E-state index is 0. The van der Waals surface area contributed by atoms with E-state index < -0.39 is 0 Å². The van der Waals surface area contributed by atoms with E-state index >= 15 is 0 Å². The molecule has 0 bridgehead atoms. The quantitative estimate of drug-likeness (QED) is 0.340. The summed E-state index contributed by atoms with van der Waals surface area (Å²) in [6.45, 7) is 0. The Morgan fingerprint density at radius 2 is 1.52 bits per heavy atom. The standard InChI is InChI=1S/C25H20N2O3.ClH/c1-28-21-13-12-17(14-23(21)29-2)22-15-18(24(30-22)16-8-4-3-5-9-16)25-26-19-10-6-7-11-20(19)27-25;/h3-15H,1-2H3,(H,26,27);1H. The predicted molar refractivity (Wildman–Crippen MR) is 125 cm³/mol. The van der Waals surface area contributed by atoms with Gasteiger partial charge in [-0.2, -0.15) is 0 Å². The van der Waals surface area contributed by atoms with E-state index in [2.05, 4.69) is 4.98 Å². The largest absolute Gasteiger partial charge is 0.493 e. The van der Waals surface area contributed by atoms with Crippen molar-refractivity contribution in [2.24, 2.45) is 0 Å². The van der Waals surface area contributed by atoms with Gasteiger partial charge in [0.2, 0.25) is 0 Å². The van der Waals surface area contributed by atoms with Gasteiger partial charge in [0.1, 0.15) is 17.3 Å². The van der Waals surface area contributed by atoms with E-state index in [1.807, 2.05) is 78.9 Å². The van der Waals surface area contributed by atoms with Crippen molar-refractivity contribution in [1.82, 2.24) is 9.97 Å². The Hall–Kier alpha value is -3.70. The van der Waals surface area contributed by atoms with Gasteiger partial charge in [0.05, 0.1) is 30.8 Å². The van der Waals surface area contributed by atoms with Crippen LogP contribution in [0, 0.1) is 0 Å². The molecule has 0 saturated heterocycles. The lowest BCUT2D eigenvalue weighted by atomic mass is 10.1. The van der Waals surface area contributed by atoms with E-state index in [1.54, 1.807) is 14.2 Å². The number of H-pyrrole nitrogens is 1. The van der Waals surface area contributed by atoms with Gasteiger partial charge in [0.25, 0.3) is 0 Å². The first-order valence-electron chi connectivity index (χ1n) is 9.63. The van der Waals surface area contributed by atoms with Crippen molar-refractivity contribution in [2.75, 3.05) is 14.2 Å². The lowest BCUT2D eigenvalue weighted by molar-refractivity contribution is 0.355. The number of benzene rings is 3. The number of methoxy groups -OCH3 is 2. The highest BCUT2D eigenvalue weighted by Crippen LogP contribution is 2.40. The van der Waals surface area contributed by atoms with Crippen molar-refractivity contribution >= 4 is 23.4 Å². The second kappa shape index (κ2) is 8.58. The maximum Gasteiger partial charge on any atom is 0.161 e. The fraction of sp³-hybridized carbons (Fsp3) is 0.0800. The van der Waals surface area contributed by atoms with Crippen molar-refractivity contribution in [2.45, 2.75) is 0 Å². The Balaban J connectivity index is 0.00000231. The third kappa shape index (κ3) is 3.76. The summed E-state index contributed by atoms with van der Waals surface area (Å²) in [6, 6.07) is 25.8. The first kappa shape index (κ1) is 20.6. The zero-order chi connectivity index (χ0) is 20.5. The monoisotopic (exact) mass is 432 g/mol. The van der Waals surface area contributed by atoms with Gasteiger partial charge in [-0.1, -0.05) is 42.5 Å². The molecule has 0 atom stereocenters. The Bertz CT molecular complexity index is 1290. The van der Waals surface area contributed by atoms with Gasteiger partial charge in [0, 0.05) is 11.1 Å². The molecule has 0 aliphatic rings. The number of aromatic nitrogens is 2. The maximum atomic E-state index is 6.35. The zero-order valence-corrected chi connectivity index (χ0v) is 17.9. The SMILES string of the molecule is COc1ccc(-c2cc(-c3nc4ccccc4[nH]3)c(-c3ccccc3)o2)cc1OC.Cl. The van der Waals surface area contributed by atoms with Crippen molar-refractivity contribution in [1.29, 1.82) is 0 Å². The molecule has 3 aromatic carbocycles. The molecule has 6 heteroatoms. The zero-order valence-electron chi connectivity index (χ0n) is 17.1. The number of hydrogen-bond acceptors (Lipinski definition) is 4. The molecule has 0 radical (unpaired) electrons. The molecule has 2 aromatic heterocycles. The molecular formula is C25H21ClN2O3. The lowest BCUT2D eigenvalue weighted by Gasteiger charge is -2.08. The van der Waals surface area contributed by atoms with Crippen LogP contribution >= 0.6 is 12.4 Å². The predicted octanol–water partition coefficient (Wildman–Crippen LogP) is 6.60. The molecule has 5 nitrogen and oxygen atoms in total. The summed E-state index contributed by atoms with van der Waals surface area (Å²) in [6.07, 6.45) is 0. The summed E-state index contributed by atoms with van der Waals surface area (Å²) < 4.78 is 17.2. The molecule has 0 aliphatic heterocycles. The van der Waals surface area contributed by atoms with Crippen molar-refractivity contribution in [3.05, 3.63) is 78.9 Å². The maximum absolute atomic E-state index is 6.35. The number of imidazole rings is 1. The van der Waals surface area contributed by atoms with E-state index in [0.717, 1.165) is 45.1 Å². The molecule has 0 unspecified atom stereocenters. The van der Waals surface area contributed by atoms with Crippen molar-refractivity contribution < 1.29 is 13.9 Å². The fourth-order valence-electron chi connectivity index (χ4n) is 3.58. The summed E-state index contributed by atoms with van der Waals surface area (Å²) in [4.78, 5) is 8.19. The number of para-hydroxylation sites is 2. The van der Waals surface area contributed by atoms with Gasteiger partial charge >= 0.3 is 0 Å². The topological polar surface area (TPSA) is 60.3 Å². The molecule has 156 valence electrons. The van der Waals surface area contributed by atoms with E-state index in [0.29, 0.717) is 11.5 Å². The Kier molecular flexibility index (Phi) is 5.69. The normalized spacial score (nSPS) is 10.6. The van der Waals surface area contributed by atoms with Gasteiger partial charge in [-0.25, -0.2) is 4.98 Å². The molecule has 5 rings (SSSR count). The van der Waals surface area contributed by atoms with Crippen molar-refractivity contribution in [3.63, 3.8) is 0 Å². The number of rotatable bonds is 5. The second-order valence-corrected chi connectivity index (χ2v) is 6.89. The number of halogens is 1. The Labute approximate surface area is 186 Å². The van der Waals surface area contributed by atoms with Crippen LogP contribution in [-0.4, -0.2) is 24.2 Å². The lowest BCUT2D eigenvalue weighted by Crippen LogP contribution is -1.90. The summed E-state index contributed by atoms with van der Waals surface area (Å²) in [5.74, 6) is 3.58. The number of aromatic amines is 1. The first-order chi connectivity index (χ1) is 14.8. The van der Waals surface area contributed by atoms with E-state index in [-0.39, 0.29) is 12.4 Å². The van der Waals surface area contributed by atoms with Crippen LogP contribution < -0.4 is 9.47 Å². The van der Waals surface area contributed by atoms with E-state index in [1.165, 1.54) is 0 Å². The van der Waals surface area contributed by atoms with Crippen LogP contribution in [0.3, 0.4) is 0 Å². The molecule has 1 N–H and O–H groups in total. The van der Waals surface area contributed by atoms with Gasteiger partial charge in [-0.05, 0) is 36.4 Å². The molecule has 31 heavy (non-hydrogen) atoms. The molecule has 0 fully saturated rings. The van der Waals surface area contributed by atoms with Crippen LogP contribution in [0.5, 0.6) is 11.5 Å². The third-order valence-electron chi connectivity index (χ3n) is 5.08. The van der Waals surface area contributed by atoms with Crippen LogP contribution in [0.15, 0.2) is 83.3 Å². The fourth-order valence-corrected chi connectivity index (χ4v) is 3.58. The van der Waals surface area contributed by atoms with Crippen LogP contribution in [0.4, 0.5) is 0 Å². The molecule has 2 heterocycles. The van der Waals surface area contributed by atoms with Gasteiger partial charge < -0.3 is 18.9 Å². The molecule has 0 spiro atoms. The van der Waals surface area contributed by atoms with Crippen LogP contribution in [0.25, 0.3) is 45.1 Å². The van der Waals surface area contributed by atoms with Crippen LogP contribution in [0.2, 0.25) is 0 Å². The third-order valence-corrected chi connectivity index (χ3v) is 5.08. The number of ether oxygens (including phenoxy) is 2. The molecule has 0 saturated carbocycles. The summed E-state index contributed by atoms with van der Waals surface area (Å²) in [5, 5.41) is 0. The Morgan fingerprint density at radius 1 is 0.774 bits per heavy atom. The number of hydrogen-bond donors (Lipinski definition) is 1. The molecule has 0 aliphatic carbocycles. The number of nitrogens with zero attached hydrogens (tertiary/aromatic N) is 1. The van der Waals surface area contributed by atoms with Gasteiger partial charge in [-0.15, -0.1) is 12.4 Å². The summed E-state index contributed by atoms with van der Waals surface area (Å²) in [7, 11) is 3.25. The molecule has 0 amide bonds. The molecular weight excluding hydrogens is 412 g/mol. The first-order valence-corrected chi connectivity index (χ1v) is 9.63. The summed E-state index contributed by atoms with van der Waals surface area (Å²) >= 11 is 0. The van der Waals surface area contributed by atoms with Gasteiger partial charge in [0.15, 0.2) is 11.5 Å². The molecule has 5 aromatic rings. The minimum Gasteiger partial charge on any atom is -0.493 e. The van der Waals surface area contributed by atoms with Gasteiger partial charge in [-0.3, -0.25) is 0 Å². The van der Waals surface area contributed by atoms with E-state index in [9.17, 15) is 0 Å².